The highest BCUT2D eigenvalue weighted by Gasteiger charge is 2.39. The Morgan fingerprint density at radius 3 is 2.23 bits per heavy atom. The van der Waals surface area contributed by atoms with E-state index in [4.69, 9.17) is 11.1 Å². The fourth-order valence-electron chi connectivity index (χ4n) is 2.61. The van der Waals surface area contributed by atoms with Gasteiger partial charge in [0.2, 0.25) is 5.95 Å². The average Bonchev–Trinajstić information content (AvgIpc) is 2.67. The van der Waals surface area contributed by atoms with Gasteiger partial charge >= 0.3 is 12.4 Å². The Balaban J connectivity index is 2.01. The van der Waals surface area contributed by atoms with Crippen molar-refractivity contribution in [1.82, 2.24) is 15.3 Å². The van der Waals surface area contributed by atoms with Crippen LogP contribution in [-0.4, -0.2) is 21.9 Å². The molecule has 2 aromatic rings. The molecule has 0 saturated heterocycles. The molecule has 2 heterocycles. The van der Waals surface area contributed by atoms with E-state index in [-0.39, 0.29) is 28.8 Å². The highest BCUT2D eigenvalue weighted by molar-refractivity contribution is 6.25. The lowest BCUT2D eigenvalue weighted by Gasteiger charge is -2.18. The van der Waals surface area contributed by atoms with E-state index in [1.54, 1.807) is 6.08 Å². The molecule has 3 rings (SSSR count). The maximum Gasteiger partial charge on any atom is 0.433 e. The van der Waals surface area contributed by atoms with Gasteiger partial charge in [0, 0.05) is 23.7 Å². The molecule has 1 aliphatic rings. The number of hydrogen-bond donors (Lipinski definition) is 4. The third-order valence-corrected chi connectivity index (χ3v) is 3.98. The first-order valence-corrected chi connectivity index (χ1v) is 8.54. The van der Waals surface area contributed by atoms with Crippen molar-refractivity contribution in [2.45, 2.75) is 12.4 Å². The number of nitrogen functional groups attached to an aromatic ring is 1. The minimum absolute atomic E-state index is 0.0385. The summed E-state index contributed by atoms with van der Waals surface area (Å²) < 4.78 is 78.0. The normalized spacial score (nSPS) is 15.4. The predicted molar refractivity (Wildman–Crippen MR) is 103 cm³/mol. The number of nitrogens with one attached hydrogen (secondary N) is 3. The Labute approximate surface area is 171 Å². The van der Waals surface area contributed by atoms with E-state index in [2.05, 4.69) is 20.6 Å². The van der Waals surface area contributed by atoms with Crippen LogP contribution in [0.15, 0.2) is 60.5 Å². The summed E-state index contributed by atoms with van der Waals surface area (Å²) in [5.41, 5.74) is 2.42. The minimum Gasteiger partial charge on any atom is -0.384 e. The number of nitrogens with two attached hydrogens (primary N) is 1. The number of allylic oxidation sites excluding steroid dienone is 4. The van der Waals surface area contributed by atoms with Crippen molar-refractivity contribution in [1.29, 1.82) is 5.41 Å². The summed E-state index contributed by atoms with van der Waals surface area (Å²) in [6.45, 7) is 0. The van der Waals surface area contributed by atoms with Crippen molar-refractivity contribution in [2.75, 3.05) is 11.1 Å². The summed E-state index contributed by atoms with van der Waals surface area (Å²) >= 11 is 0. The van der Waals surface area contributed by atoms with Crippen molar-refractivity contribution in [3.8, 4) is 0 Å². The van der Waals surface area contributed by atoms with Gasteiger partial charge in [-0.15, -0.1) is 0 Å². The summed E-state index contributed by atoms with van der Waals surface area (Å²) in [6, 6.07) is 4.94. The van der Waals surface area contributed by atoms with Gasteiger partial charge in [-0.1, -0.05) is 6.08 Å². The molecule has 0 unspecified atom stereocenters. The Morgan fingerprint density at radius 2 is 1.68 bits per heavy atom. The van der Waals surface area contributed by atoms with Gasteiger partial charge in [-0.3, -0.25) is 5.41 Å². The van der Waals surface area contributed by atoms with E-state index in [1.807, 2.05) is 0 Å². The van der Waals surface area contributed by atoms with E-state index >= 15 is 0 Å². The summed E-state index contributed by atoms with van der Waals surface area (Å²) in [7, 11) is 0. The van der Waals surface area contributed by atoms with Crippen molar-refractivity contribution >= 4 is 28.7 Å². The van der Waals surface area contributed by atoms with Crippen LogP contribution in [-0.2, 0) is 6.18 Å². The van der Waals surface area contributed by atoms with E-state index in [0.717, 1.165) is 30.3 Å². The van der Waals surface area contributed by atoms with Gasteiger partial charge in [0.05, 0.1) is 16.8 Å². The molecule has 0 fully saturated rings. The second-order valence-corrected chi connectivity index (χ2v) is 6.23. The van der Waals surface area contributed by atoms with Crippen LogP contribution in [0.2, 0.25) is 0 Å². The van der Waals surface area contributed by atoms with Crippen LogP contribution < -0.4 is 16.4 Å². The van der Waals surface area contributed by atoms with Crippen molar-refractivity contribution < 1.29 is 26.3 Å². The van der Waals surface area contributed by atoms with Gasteiger partial charge in [-0.2, -0.15) is 31.3 Å². The molecule has 0 saturated carbocycles. The summed E-state index contributed by atoms with van der Waals surface area (Å²) in [6.07, 6.45) is -3.76. The quantitative estimate of drug-likeness (QED) is 0.405. The third-order valence-electron chi connectivity index (χ3n) is 3.98. The lowest BCUT2D eigenvalue weighted by Crippen LogP contribution is -2.26. The first-order chi connectivity index (χ1) is 14.4. The number of hydrogen-bond acceptors (Lipinski definition) is 6. The predicted octanol–water partition coefficient (Wildman–Crippen LogP) is 4.79. The van der Waals surface area contributed by atoms with Gasteiger partial charge in [-0.25, -0.2) is 4.98 Å². The monoisotopic (exact) mass is 440 g/mol. The molecule has 0 amide bonds. The van der Waals surface area contributed by atoms with Crippen LogP contribution in [0.4, 0.5) is 43.8 Å². The molecule has 5 N–H and O–H groups in total. The number of nitrogens with zero attached hydrogens (tertiary/aromatic N) is 2. The van der Waals surface area contributed by atoms with Crippen molar-refractivity contribution in [3.05, 3.63) is 71.7 Å². The largest absolute Gasteiger partial charge is 0.433 e. The highest BCUT2D eigenvalue weighted by atomic mass is 19.4. The van der Waals surface area contributed by atoms with Gasteiger partial charge < -0.3 is 16.4 Å². The van der Waals surface area contributed by atoms with E-state index in [9.17, 15) is 26.3 Å². The Bertz CT molecular complexity index is 1080. The second-order valence-electron chi connectivity index (χ2n) is 6.23. The zero-order chi connectivity index (χ0) is 22.8. The number of anilines is 3. The number of benzene rings is 1. The van der Waals surface area contributed by atoms with Gasteiger partial charge in [-0.05, 0) is 36.4 Å². The average molecular weight is 440 g/mol. The maximum absolute atomic E-state index is 13.3. The SMILES string of the molecule is N=C(/C(=C1/C=CC=CN1)c1cc(N)nc(Nc2ccc(C(F)(F)F)cc2)n1)C(F)(F)F. The summed E-state index contributed by atoms with van der Waals surface area (Å²) in [5.74, 6) is -0.457. The molecule has 0 atom stereocenters. The number of rotatable bonds is 4. The van der Waals surface area contributed by atoms with Gasteiger partial charge in [0.15, 0.2) is 0 Å². The Kier molecular flexibility index (Phi) is 5.73. The second kappa shape index (κ2) is 8.13. The number of halogens is 6. The molecule has 0 spiro atoms. The molecular formula is C19H14F6N6. The standard InChI is InChI=1S/C19H14F6N6/c20-18(21,22)10-4-6-11(7-5-10)29-17-30-13(9-14(26)31-17)15(16(27)19(23,24)25)12-3-1-2-8-28-12/h1-9,27-28H,(H3,26,29,30,31)/b15-12-,27-16?. The van der Waals surface area contributed by atoms with E-state index in [1.165, 1.54) is 18.4 Å². The molecule has 0 aliphatic carbocycles. The molecule has 0 bridgehead atoms. The Hall–Kier alpha value is -3.83. The lowest BCUT2D eigenvalue weighted by atomic mass is 10.0. The van der Waals surface area contributed by atoms with Crippen LogP contribution in [0.3, 0.4) is 0 Å². The maximum atomic E-state index is 13.3. The van der Waals surface area contributed by atoms with Crippen LogP contribution in [0, 0.1) is 5.41 Å². The zero-order valence-corrected chi connectivity index (χ0v) is 15.4. The molecule has 1 aliphatic heterocycles. The van der Waals surface area contributed by atoms with E-state index in [0.29, 0.717) is 0 Å². The van der Waals surface area contributed by atoms with Crippen LogP contribution in [0.1, 0.15) is 11.3 Å². The highest BCUT2D eigenvalue weighted by Crippen LogP contribution is 2.32. The summed E-state index contributed by atoms with van der Waals surface area (Å²) in [5, 5.41) is 12.8. The number of dihydropyridines is 1. The molecular weight excluding hydrogens is 426 g/mol. The molecule has 1 aromatic heterocycles. The molecule has 162 valence electrons. The van der Waals surface area contributed by atoms with Gasteiger partial charge in [0.25, 0.3) is 0 Å². The summed E-state index contributed by atoms with van der Waals surface area (Å²) in [4.78, 5) is 7.84. The molecule has 12 heteroatoms. The van der Waals surface area contributed by atoms with Crippen molar-refractivity contribution in [2.24, 2.45) is 0 Å². The third kappa shape index (κ3) is 5.21. The topological polar surface area (TPSA) is 99.7 Å². The van der Waals surface area contributed by atoms with E-state index < -0.39 is 29.2 Å². The lowest BCUT2D eigenvalue weighted by molar-refractivity contribution is -0.137. The molecule has 1 aromatic carbocycles. The first kappa shape index (κ1) is 21.9. The van der Waals surface area contributed by atoms with Crippen LogP contribution in [0.25, 0.3) is 5.57 Å². The fourth-order valence-corrected chi connectivity index (χ4v) is 2.61. The van der Waals surface area contributed by atoms with Gasteiger partial charge in [0.1, 0.15) is 11.5 Å². The number of aromatic nitrogens is 2. The molecule has 0 radical (unpaired) electrons. The minimum atomic E-state index is -4.97. The van der Waals surface area contributed by atoms with Crippen molar-refractivity contribution in [3.63, 3.8) is 0 Å². The fraction of sp³-hybridized carbons (Fsp3) is 0.105. The zero-order valence-electron chi connectivity index (χ0n) is 15.4. The number of alkyl halides is 6. The van der Waals surface area contributed by atoms with Crippen LogP contribution >= 0.6 is 0 Å². The Morgan fingerprint density at radius 1 is 1.00 bits per heavy atom. The van der Waals surface area contributed by atoms with Crippen LogP contribution in [0.5, 0.6) is 0 Å². The molecule has 6 nitrogen and oxygen atoms in total. The first-order valence-electron chi connectivity index (χ1n) is 8.54. The molecule has 31 heavy (non-hydrogen) atoms. The smallest absolute Gasteiger partial charge is 0.384 e.